The zero-order chi connectivity index (χ0) is 15.1. The van der Waals surface area contributed by atoms with E-state index in [1.807, 2.05) is 0 Å². The summed E-state index contributed by atoms with van der Waals surface area (Å²) >= 11 is 0. The van der Waals surface area contributed by atoms with Crippen LogP contribution >= 0.6 is 0 Å². The lowest BCUT2D eigenvalue weighted by Gasteiger charge is -2.31. The molecule has 0 aliphatic carbocycles. The molecule has 3 aliphatic heterocycles. The van der Waals surface area contributed by atoms with Crippen LogP contribution in [0.1, 0.15) is 19.8 Å². The van der Waals surface area contributed by atoms with Crippen molar-refractivity contribution in [2.45, 2.75) is 44.2 Å². The molecule has 5 atom stereocenters. The average Bonchev–Trinajstić information content (AvgIpc) is 2.61. The van der Waals surface area contributed by atoms with Gasteiger partial charge < -0.3 is 18.9 Å². The number of hydrogen-bond donors (Lipinski definition) is 0. The molecular weight excluding hydrogens is 280 g/mol. The maximum atomic E-state index is 11.7. The third-order valence-electron chi connectivity index (χ3n) is 3.96. The fourth-order valence-electron chi connectivity index (χ4n) is 2.98. The van der Waals surface area contributed by atoms with E-state index in [4.69, 9.17) is 18.9 Å². The number of esters is 3. The van der Waals surface area contributed by atoms with Crippen LogP contribution in [0.15, 0.2) is 12.2 Å². The van der Waals surface area contributed by atoms with Gasteiger partial charge in [0.1, 0.15) is 0 Å². The minimum atomic E-state index is -0.690. The highest BCUT2D eigenvalue weighted by molar-refractivity contribution is 5.88. The van der Waals surface area contributed by atoms with Gasteiger partial charge in [-0.15, -0.1) is 0 Å². The monoisotopic (exact) mass is 296 g/mol. The minimum Gasteiger partial charge on any atom is -0.455 e. The van der Waals surface area contributed by atoms with Crippen LogP contribution in [0.25, 0.3) is 0 Å². The van der Waals surface area contributed by atoms with E-state index < -0.39 is 30.8 Å². The van der Waals surface area contributed by atoms with Gasteiger partial charge in [-0.3, -0.25) is 4.79 Å². The molecule has 3 rings (SSSR count). The van der Waals surface area contributed by atoms with E-state index in [9.17, 15) is 14.4 Å². The van der Waals surface area contributed by atoms with E-state index in [-0.39, 0.29) is 29.7 Å². The summed E-state index contributed by atoms with van der Waals surface area (Å²) < 4.78 is 21.0. The summed E-state index contributed by atoms with van der Waals surface area (Å²) in [7, 11) is 0. The van der Waals surface area contributed by atoms with Gasteiger partial charge >= 0.3 is 17.9 Å². The molecule has 7 nitrogen and oxygen atoms in total. The van der Waals surface area contributed by atoms with Gasteiger partial charge in [-0.05, 0) is 19.8 Å². The number of carbonyl (C=O) groups excluding carboxylic acids is 3. The first-order valence-corrected chi connectivity index (χ1v) is 6.84. The van der Waals surface area contributed by atoms with Crippen LogP contribution in [0.2, 0.25) is 0 Å². The van der Waals surface area contributed by atoms with Gasteiger partial charge in [-0.25, -0.2) is 9.59 Å². The number of rotatable bonds is 4. The summed E-state index contributed by atoms with van der Waals surface area (Å²) in [6, 6.07) is 0. The molecule has 0 N–H and O–H groups in total. The van der Waals surface area contributed by atoms with Crippen molar-refractivity contribution in [3.63, 3.8) is 0 Å². The van der Waals surface area contributed by atoms with E-state index in [1.54, 1.807) is 0 Å². The smallest absolute Gasteiger partial charge is 0.344 e. The second-order valence-corrected chi connectivity index (χ2v) is 5.59. The molecule has 114 valence electrons. The molecule has 5 unspecified atom stereocenters. The van der Waals surface area contributed by atoms with Crippen molar-refractivity contribution >= 4 is 17.9 Å². The fourth-order valence-corrected chi connectivity index (χ4v) is 2.98. The van der Waals surface area contributed by atoms with Gasteiger partial charge in [0.05, 0.1) is 18.1 Å². The van der Waals surface area contributed by atoms with Crippen LogP contribution < -0.4 is 0 Å². The van der Waals surface area contributed by atoms with Crippen molar-refractivity contribution in [3.05, 3.63) is 12.2 Å². The lowest BCUT2D eigenvalue weighted by Crippen LogP contribution is -2.43. The van der Waals surface area contributed by atoms with Crippen molar-refractivity contribution in [2.75, 3.05) is 6.61 Å². The van der Waals surface area contributed by atoms with Gasteiger partial charge in [-0.1, -0.05) is 6.58 Å². The maximum absolute atomic E-state index is 11.7. The molecule has 0 saturated carbocycles. The molecule has 3 bridgehead atoms. The zero-order valence-electron chi connectivity index (χ0n) is 11.6. The number of carbonyl (C=O) groups is 3. The molecule has 0 aromatic carbocycles. The lowest BCUT2D eigenvalue weighted by molar-refractivity contribution is -0.178. The van der Waals surface area contributed by atoms with Crippen LogP contribution in [0.3, 0.4) is 0 Å². The van der Waals surface area contributed by atoms with Gasteiger partial charge in [-0.2, -0.15) is 0 Å². The Labute approximate surface area is 121 Å². The molecule has 0 amide bonds. The normalized spacial score (nSPS) is 36.0. The van der Waals surface area contributed by atoms with Gasteiger partial charge in [0.15, 0.2) is 18.8 Å². The zero-order valence-corrected chi connectivity index (χ0v) is 11.6. The van der Waals surface area contributed by atoms with Crippen LogP contribution in [0.4, 0.5) is 0 Å². The topological polar surface area (TPSA) is 88.1 Å². The SMILES string of the molecule is C=C(C)C(=O)OCC(=O)OC1C2CC3CC(O2)C1OC3=O. The largest absolute Gasteiger partial charge is 0.455 e. The summed E-state index contributed by atoms with van der Waals surface area (Å²) in [6.45, 7) is 4.40. The third-order valence-corrected chi connectivity index (χ3v) is 3.96. The van der Waals surface area contributed by atoms with E-state index in [0.717, 1.165) is 0 Å². The van der Waals surface area contributed by atoms with Crippen molar-refractivity contribution < 1.29 is 33.3 Å². The summed E-state index contributed by atoms with van der Waals surface area (Å²) in [5.41, 5.74) is 0.204. The molecule has 0 radical (unpaired) electrons. The summed E-state index contributed by atoms with van der Waals surface area (Å²) in [5, 5.41) is 0. The Morgan fingerprint density at radius 1 is 1.33 bits per heavy atom. The fraction of sp³-hybridized carbons (Fsp3) is 0.643. The number of fused-ring (bicyclic) bond motifs is 2. The van der Waals surface area contributed by atoms with Crippen molar-refractivity contribution in [1.82, 2.24) is 0 Å². The average molecular weight is 296 g/mol. The van der Waals surface area contributed by atoms with Crippen LogP contribution in [-0.2, 0) is 33.3 Å². The van der Waals surface area contributed by atoms with Crippen molar-refractivity contribution in [3.8, 4) is 0 Å². The molecule has 0 spiro atoms. The molecule has 3 fully saturated rings. The Hall–Kier alpha value is -1.89. The maximum Gasteiger partial charge on any atom is 0.344 e. The molecule has 21 heavy (non-hydrogen) atoms. The molecular formula is C14H16O7. The van der Waals surface area contributed by atoms with E-state index in [2.05, 4.69) is 6.58 Å². The molecule has 0 aromatic rings. The number of hydrogen-bond acceptors (Lipinski definition) is 7. The quantitative estimate of drug-likeness (QED) is 0.413. The molecule has 3 heterocycles. The molecule has 7 heteroatoms. The van der Waals surface area contributed by atoms with Gasteiger partial charge in [0, 0.05) is 5.57 Å². The van der Waals surface area contributed by atoms with Crippen LogP contribution in [-0.4, -0.2) is 48.9 Å². The Bertz CT molecular complexity index is 511. The highest BCUT2D eigenvalue weighted by atomic mass is 16.7. The molecule has 3 aliphatic rings. The summed E-state index contributed by atoms with van der Waals surface area (Å²) in [4.78, 5) is 34.6. The summed E-state index contributed by atoms with van der Waals surface area (Å²) in [6.07, 6.45) is -0.605. The predicted molar refractivity (Wildman–Crippen MR) is 66.9 cm³/mol. The molecule has 3 saturated heterocycles. The van der Waals surface area contributed by atoms with Crippen molar-refractivity contribution in [1.29, 1.82) is 0 Å². The number of ether oxygens (including phenoxy) is 4. The molecule has 0 aromatic heterocycles. The van der Waals surface area contributed by atoms with Gasteiger partial charge in [0.2, 0.25) is 0 Å². The van der Waals surface area contributed by atoms with E-state index >= 15 is 0 Å². The lowest BCUT2D eigenvalue weighted by atomic mass is 9.94. The standard InChI is InChI=1S/C14H16O7/c1-6(2)13(16)18-5-10(15)20-11-8-3-7-4-9(19-8)12(11)21-14(7)17/h7-9,11-12H,1,3-5H2,2H3. The minimum absolute atomic E-state index is 0.171. The Morgan fingerprint density at radius 2 is 2.05 bits per heavy atom. The third kappa shape index (κ3) is 2.53. The Kier molecular flexibility index (Phi) is 3.44. The van der Waals surface area contributed by atoms with Crippen molar-refractivity contribution in [2.24, 2.45) is 5.92 Å². The van der Waals surface area contributed by atoms with E-state index in [1.165, 1.54) is 6.92 Å². The highest BCUT2D eigenvalue weighted by Crippen LogP contribution is 2.43. The van der Waals surface area contributed by atoms with Crippen LogP contribution in [0.5, 0.6) is 0 Å². The first kappa shape index (κ1) is 14.1. The second kappa shape index (κ2) is 5.14. The second-order valence-electron chi connectivity index (χ2n) is 5.59. The Morgan fingerprint density at radius 3 is 2.76 bits per heavy atom. The van der Waals surface area contributed by atoms with Gasteiger partial charge in [0.25, 0.3) is 0 Å². The summed E-state index contributed by atoms with van der Waals surface area (Å²) in [5.74, 6) is -1.77. The van der Waals surface area contributed by atoms with Crippen LogP contribution in [0, 0.1) is 5.92 Å². The first-order valence-electron chi connectivity index (χ1n) is 6.84. The Balaban J connectivity index is 1.58. The highest BCUT2D eigenvalue weighted by Gasteiger charge is 2.58. The predicted octanol–water partition coefficient (Wildman–Crippen LogP) is 0.120. The first-order chi connectivity index (χ1) is 9.95. The van der Waals surface area contributed by atoms with E-state index in [0.29, 0.717) is 12.8 Å².